The summed E-state index contributed by atoms with van der Waals surface area (Å²) < 4.78 is 5.48. The molecule has 1 aromatic heterocycles. The maximum absolute atomic E-state index is 11.0. The van der Waals surface area contributed by atoms with Crippen LogP contribution in [-0.4, -0.2) is 15.0 Å². The lowest BCUT2D eigenvalue weighted by molar-refractivity contribution is -0.386. The molecule has 1 N–H and O–H groups in total. The minimum Gasteiger partial charge on any atom is -0.480 e. The first-order valence-electron chi connectivity index (χ1n) is 6.03. The molecule has 1 heterocycles. The van der Waals surface area contributed by atoms with Crippen LogP contribution in [0, 0.1) is 17.0 Å². The van der Waals surface area contributed by atoms with E-state index in [0.29, 0.717) is 5.56 Å². The Morgan fingerprint density at radius 1 is 1.40 bits per heavy atom. The zero-order valence-electron chi connectivity index (χ0n) is 10.9. The number of nitro benzene ring substituents is 1. The van der Waals surface area contributed by atoms with E-state index in [1.165, 1.54) is 12.1 Å². The smallest absolute Gasteiger partial charge is 0.311 e. The number of ether oxygens (including phenoxy) is 1. The van der Waals surface area contributed by atoms with Gasteiger partial charge in [-0.05, 0) is 30.2 Å². The quantitative estimate of drug-likeness (QED) is 0.668. The van der Waals surface area contributed by atoms with Crippen molar-refractivity contribution in [2.45, 2.75) is 20.1 Å². The zero-order chi connectivity index (χ0) is 14.5. The lowest BCUT2D eigenvalue weighted by Gasteiger charge is -2.08. The number of hydrogen-bond acceptors (Lipinski definition) is 5. The number of hydrogen-bond donors (Lipinski definition) is 1. The van der Waals surface area contributed by atoms with E-state index in [4.69, 9.17) is 9.84 Å². The number of rotatable bonds is 5. The van der Waals surface area contributed by atoms with Crippen LogP contribution in [0.15, 0.2) is 36.5 Å². The molecule has 2 aromatic rings. The molecule has 0 spiro atoms. The van der Waals surface area contributed by atoms with Crippen LogP contribution >= 0.6 is 0 Å². The van der Waals surface area contributed by atoms with Crippen molar-refractivity contribution in [3.63, 3.8) is 0 Å². The molecule has 6 heteroatoms. The maximum atomic E-state index is 11.0. The number of aliphatic hydroxyl groups excluding tert-OH is 1. The van der Waals surface area contributed by atoms with Gasteiger partial charge >= 0.3 is 5.69 Å². The second-order valence-corrected chi connectivity index (χ2v) is 4.27. The predicted octanol–water partition coefficient (Wildman–Crippen LogP) is 2.37. The van der Waals surface area contributed by atoms with Gasteiger partial charge in [-0.15, -0.1) is 0 Å². The number of aliphatic hydroxyl groups is 1. The molecule has 0 fully saturated rings. The van der Waals surface area contributed by atoms with Crippen molar-refractivity contribution in [2.75, 3.05) is 0 Å². The molecule has 6 nitrogen and oxygen atoms in total. The third-order valence-corrected chi connectivity index (χ3v) is 2.88. The summed E-state index contributed by atoms with van der Waals surface area (Å²) in [6.07, 6.45) is 1.65. The monoisotopic (exact) mass is 274 g/mol. The molecule has 0 aliphatic carbocycles. The molecule has 0 saturated carbocycles. The first-order valence-corrected chi connectivity index (χ1v) is 6.03. The fourth-order valence-electron chi connectivity index (χ4n) is 1.74. The maximum Gasteiger partial charge on any atom is 0.311 e. The molecule has 20 heavy (non-hydrogen) atoms. The molecule has 0 aliphatic rings. The van der Waals surface area contributed by atoms with E-state index < -0.39 is 4.92 Å². The lowest BCUT2D eigenvalue weighted by atomic mass is 10.2. The predicted molar refractivity (Wildman–Crippen MR) is 72.3 cm³/mol. The third-order valence-electron chi connectivity index (χ3n) is 2.88. The van der Waals surface area contributed by atoms with Gasteiger partial charge in [0.15, 0.2) is 5.75 Å². The number of nitrogens with zero attached hydrogens (tertiary/aromatic N) is 2. The number of nitro groups is 1. The molecule has 2 rings (SSSR count). The summed E-state index contributed by atoms with van der Waals surface area (Å²) in [5, 5.41) is 20.0. The van der Waals surface area contributed by atoms with E-state index in [2.05, 4.69) is 4.98 Å². The molecule has 0 bridgehead atoms. The van der Waals surface area contributed by atoms with Gasteiger partial charge in [-0.2, -0.15) is 0 Å². The summed E-state index contributed by atoms with van der Waals surface area (Å²) in [6.45, 7) is 1.81. The average Bonchev–Trinajstić information content (AvgIpc) is 2.46. The van der Waals surface area contributed by atoms with Crippen molar-refractivity contribution in [1.29, 1.82) is 0 Å². The Labute approximate surface area is 115 Å². The normalized spacial score (nSPS) is 10.3. The molecule has 0 amide bonds. The second-order valence-electron chi connectivity index (χ2n) is 4.27. The Hall–Kier alpha value is -2.47. The van der Waals surface area contributed by atoms with Crippen molar-refractivity contribution in [2.24, 2.45) is 0 Å². The highest BCUT2D eigenvalue weighted by molar-refractivity contribution is 5.48. The van der Waals surface area contributed by atoms with E-state index in [1.807, 2.05) is 19.1 Å². The van der Waals surface area contributed by atoms with E-state index in [9.17, 15) is 10.1 Å². The highest BCUT2D eigenvalue weighted by Gasteiger charge is 2.16. The topological polar surface area (TPSA) is 85.5 Å². The SMILES string of the molecule is Cc1cccnc1COc1ccc(CO)cc1[N+](=O)[O-]. The van der Waals surface area contributed by atoms with E-state index >= 15 is 0 Å². The Morgan fingerprint density at radius 2 is 2.20 bits per heavy atom. The number of aromatic nitrogens is 1. The van der Waals surface area contributed by atoms with Gasteiger partial charge in [-0.3, -0.25) is 15.1 Å². The molecular weight excluding hydrogens is 260 g/mol. The number of pyridine rings is 1. The third kappa shape index (κ3) is 3.10. The summed E-state index contributed by atoms with van der Waals surface area (Å²) in [6, 6.07) is 8.10. The van der Waals surface area contributed by atoms with Gasteiger partial charge in [0, 0.05) is 12.3 Å². The highest BCUT2D eigenvalue weighted by atomic mass is 16.6. The van der Waals surface area contributed by atoms with Crippen molar-refractivity contribution in [3.05, 3.63) is 63.5 Å². The average molecular weight is 274 g/mol. The van der Waals surface area contributed by atoms with E-state index in [1.54, 1.807) is 12.3 Å². The summed E-state index contributed by atoms with van der Waals surface area (Å²) in [4.78, 5) is 14.6. The van der Waals surface area contributed by atoms with Crippen LogP contribution in [0.1, 0.15) is 16.8 Å². The molecular formula is C14H14N2O4. The van der Waals surface area contributed by atoms with Gasteiger partial charge in [0.25, 0.3) is 0 Å². The first-order chi connectivity index (χ1) is 9.61. The van der Waals surface area contributed by atoms with Crippen molar-refractivity contribution in [3.8, 4) is 5.75 Å². The van der Waals surface area contributed by atoms with Gasteiger partial charge in [0.2, 0.25) is 0 Å². The summed E-state index contributed by atoms with van der Waals surface area (Å²) in [5.74, 6) is 0.164. The Kier molecular flexibility index (Phi) is 4.27. The molecule has 1 aromatic carbocycles. The minimum absolute atomic E-state index is 0.159. The van der Waals surface area contributed by atoms with Gasteiger partial charge in [-0.25, -0.2) is 0 Å². The van der Waals surface area contributed by atoms with Gasteiger partial charge in [0.1, 0.15) is 6.61 Å². The van der Waals surface area contributed by atoms with Crippen molar-refractivity contribution < 1.29 is 14.8 Å². The molecule has 0 aliphatic heterocycles. The summed E-state index contributed by atoms with van der Waals surface area (Å²) in [7, 11) is 0. The first kappa shape index (κ1) is 14.0. The lowest BCUT2D eigenvalue weighted by Crippen LogP contribution is -2.03. The van der Waals surface area contributed by atoms with E-state index in [0.717, 1.165) is 11.3 Å². The Morgan fingerprint density at radius 3 is 2.85 bits per heavy atom. The Bertz CT molecular complexity index is 628. The highest BCUT2D eigenvalue weighted by Crippen LogP contribution is 2.28. The van der Waals surface area contributed by atoms with Crippen LogP contribution in [0.25, 0.3) is 0 Å². The van der Waals surface area contributed by atoms with Crippen LogP contribution < -0.4 is 4.74 Å². The molecule has 0 radical (unpaired) electrons. The summed E-state index contributed by atoms with van der Waals surface area (Å²) in [5.41, 5.74) is 2.00. The van der Waals surface area contributed by atoms with Crippen LogP contribution in [0.2, 0.25) is 0 Å². The fourth-order valence-corrected chi connectivity index (χ4v) is 1.74. The molecule has 0 atom stereocenters. The molecule has 0 saturated heterocycles. The second kappa shape index (κ2) is 6.12. The van der Waals surface area contributed by atoms with Gasteiger partial charge < -0.3 is 9.84 Å². The van der Waals surface area contributed by atoms with Crippen molar-refractivity contribution in [1.82, 2.24) is 4.98 Å². The van der Waals surface area contributed by atoms with Crippen LogP contribution in [0.5, 0.6) is 5.75 Å². The van der Waals surface area contributed by atoms with Crippen molar-refractivity contribution >= 4 is 5.69 Å². The number of benzene rings is 1. The fraction of sp³-hybridized carbons (Fsp3) is 0.214. The molecule has 0 unspecified atom stereocenters. The van der Waals surface area contributed by atoms with E-state index in [-0.39, 0.29) is 24.7 Å². The minimum atomic E-state index is -0.528. The largest absolute Gasteiger partial charge is 0.480 e. The Balaban J connectivity index is 2.21. The number of aryl methyl sites for hydroxylation is 1. The van der Waals surface area contributed by atoms with Crippen LogP contribution in [-0.2, 0) is 13.2 Å². The zero-order valence-corrected chi connectivity index (χ0v) is 10.9. The molecule has 104 valence electrons. The van der Waals surface area contributed by atoms with Crippen LogP contribution in [0.4, 0.5) is 5.69 Å². The summed E-state index contributed by atoms with van der Waals surface area (Å²) >= 11 is 0. The van der Waals surface area contributed by atoms with Crippen LogP contribution in [0.3, 0.4) is 0 Å². The standard InChI is InChI=1S/C14H14N2O4/c1-10-3-2-6-15-12(10)9-20-14-5-4-11(8-17)7-13(14)16(18)19/h2-7,17H,8-9H2,1H3. The van der Waals surface area contributed by atoms with Gasteiger partial charge in [-0.1, -0.05) is 12.1 Å². The van der Waals surface area contributed by atoms with Gasteiger partial charge in [0.05, 0.1) is 17.2 Å².